The second-order valence-electron chi connectivity index (χ2n) is 4.40. The third-order valence-electron chi connectivity index (χ3n) is 2.67. The molecule has 0 heterocycles. The summed E-state index contributed by atoms with van der Waals surface area (Å²) in [6, 6.07) is 4.37. The van der Waals surface area contributed by atoms with Gasteiger partial charge in [-0.1, -0.05) is 5.92 Å². The molecule has 21 heavy (non-hydrogen) atoms. The van der Waals surface area contributed by atoms with E-state index in [4.69, 9.17) is 4.55 Å². The fraction of sp³-hybridized carbons (Fsp3) is 0.385. The fourth-order valence-corrected chi connectivity index (χ4v) is 3.85. The maximum atomic E-state index is 12.8. The van der Waals surface area contributed by atoms with E-state index in [1.165, 1.54) is 6.92 Å². The van der Waals surface area contributed by atoms with Crippen molar-refractivity contribution in [1.29, 1.82) is 0 Å². The summed E-state index contributed by atoms with van der Waals surface area (Å²) in [4.78, 5) is -0.0426. The quantitative estimate of drug-likeness (QED) is 0.484. The maximum absolute atomic E-state index is 12.8. The van der Waals surface area contributed by atoms with Crippen molar-refractivity contribution in [1.82, 2.24) is 0 Å². The molecular formula is C13H15FO5S2. The lowest BCUT2D eigenvalue weighted by Crippen LogP contribution is -2.18. The van der Waals surface area contributed by atoms with E-state index in [0.717, 1.165) is 24.3 Å². The fourth-order valence-electron chi connectivity index (χ4n) is 1.71. The lowest BCUT2D eigenvalue weighted by atomic mass is 10.1. The topological polar surface area (TPSA) is 88.5 Å². The smallest absolute Gasteiger partial charge is 0.266 e. The summed E-state index contributed by atoms with van der Waals surface area (Å²) >= 11 is 0. The number of sulfone groups is 1. The molecule has 1 unspecified atom stereocenters. The molecule has 0 aliphatic heterocycles. The van der Waals surface area contributed by atoms with Gasteiger partial charge in [-0.3, -0.25) is 4.55 Å². The van der Waals surface area contributed by atoms with E-state index in [9.17, 15) is 21.2 Å². The van der Waals surface area contributed by atoms with Crippen LogP contribution in [0.4, 0.5) is 4.39 Å². The maximum Gasteiger partial charge on any atom is 0.266 e. The van der Waals surface area contributed by atoms with Crippen LogP contribution in [0.5, 0.6) is 0 Å². The van der Waals surface area contributed by atoms with Crippen LogP contribution in [0.15, 0.2) is 29.2 Å². The Kier molecular flexibility index (Phi) is 5.89. The molecule has 1 N–H and O–H groups in total. The highest BCUT2D eigenvalue weighted by atomic mass is 32.2. The normalized spacial score (nSPS) is 13.3. The van der Waals surface area contributed by atoms with Crippen LogP contribution >= 0.6 is 0 Å². The standard InChI is InChI=1S/C13H15FO5S2/c1-2-3-11(10-21(17,18)19)8-9-20(15,16)13-6-4-12(14)5-7-13/h4-7,11H,8-10H2,1H3,(H,17,18,19). The molecular weight excluding hydrogens is 319 g/mol. The van der Waals surface area contributed by atoms with Crippen LogP contribution < -0.4 is 0 Å². The van der Waals surface area contributed by atoms with Crippen molar-refractivity contribution in [3.05, 3.63) is 30.1 Å². The van der Waals surface area contributed by atoms with Crippen molar-refractivity contribution in [2.24, 2.45) is 5.92 Å². The zero-order valence-electron chi connectivity index (χ0n) is 11.3. The van der Waals surface area contributed by atoms with E-state index in [2.05, 4.69) is 11.8 Å². The second-order valence-corrected chi connectivity index (χ2v) is 8.01. The Hall–Kier alpha value is -1.43. The van der Waals surface area contributed by atoms with Crippen LogP contribution in [0.1, 0.15) is 13.3 Å². The average molecular weight is 334 g/mol. The van der Waals surface area contributed by atoms with Crippen LogP contribution in [0, 0.1) is 23.6 Å². The molecule has 1 aromatic carbocycles. The molecule has 0 saturated heterocycles. The zero-order chi connectivity index (χ0) is 16.1. The molecule has 0 bridgehead atoms. The van der Waals surface area contributed by atoms with E-state index >= 15 is 0 Å². The van der Waals surface area contributed by atoms with E-state index < -0.39 is 37.4 Å². The molecule has 0 amide bonds. The second kappa shape index (κ2) is 7.02. The van der Waals surface area contributed by atoms with Gasteiger partial charge in [0.2, 0.25) is 0 Å². The first kappa shape index (κ1) is 17.6. The molecule has 0 spiro atoms. The molecule has 1 aromatic rings. The Morgan fingerprint density at radius 2 is 1.76 bits per heavy atom. The van der Waals surface area contributed by atoms with Gasteiger partial charge in [0, 0.05) is 5.92 Å². The number of halogens is 1. The molecule has 0 aliphatic rings. The summed E-state index contributed by atoms with van der Waals surface area (Å²) in [6.07, 6.45) is -0.0413. The molecule has 0 aliphatic carbocycles. The minimum Gasteiger partial charge on any atom is -0.286 e. The van der Waals surface area contributed by atoms with Gasteiger partial charge in [0.1, 0.15) is 5.82 Å². The Labute approximate surface area is 123 Å². The van der Waals surface area contributed by atoms with Gasteiger partial charge in [-0.15, -0.1) is 5.92 Å². The first-order valence-corrected chi connectivity index (χ1v) is 9.26. The van der Waals surface area contributed by atoms with Crippen molar-refractivity contribution < 1.29 is 25.8 Å². The van der Waals surface area contributed by atoms with E-state index in [1.54, 1.807) is 0 Å². The van der Waals surface area contributed by atoms with E-state index in [0.29, 0.717) is 0 Å². The van der Waals surface area contributed by atoms with Crippen LogP contribution in [0.2, 0.25) is 0 Å². The summed E-state index contributed by atoms with van der Waals surface area (Å²) in [5.41, 5.74) is 0. The summed E-state index contributed by atoms with van der Waals surface area (Å²) in [5, 5.41) is 0. The lowest BCUT2D eigenvalue weighted by molar-refractivity contribution is 0.474. The minimum atomic E-state index is -4.23. The van der Waals surface area contributed by atoms with Gasteiger partial charge in [-0.25, -0.2) is 12.8 Å². The number of hydrogen-bond donors (Lipinski definition) is 1. The van der Waals surface area contributed by atoms with Gasteiger partial charge in [-0.05, 0) is 37.6 Å². The molecule has 0 aromatic heterocycles. The van der Waals surface area contributed by atoms with Crippen LogP contribution in [0.3, 0.4) is 0 Å². The molecule has 0 saturated carbocycles. The number of rotatable bonds is 6. The summed E-state index contributed by atoms with van der Waals surface area (Å²) in [7, 11) is -7.89. The lowest BCUT2D eigenvalue weighted by Gasteiger charge is -2.09. The van der Waals surface area contributed by atoms with Crippen LogP contribution in [-0.2, 0) is 20.0 Å². The van der Waals surface area contributed by atoms with Gasteiger partial charge in [0.05, 0.1) is 16.4 Å². The van der Waals surface area contributed by atoms with Crippen LogP contribution in [-0.4, -0.2) is 32.9 Å². The molecule has 1 atom stereocenters. The minimum absolute atomic E-state index is 0.0413. The highest BCUT2D eigenvalue weighted by Gasteiger charge is 2.20. The molecule has 0 fully saturated rings. The summed E-state index contributed by atoms with van der Waals surface area (Å²) in [5.74, 6) is 2.78. The van der Waals surface area contributed by atoms with Crippen molar-refractivity contribution in [2.75, 3.05) is 11.5 Å². The zero-order valence-corrected chi connectivity index (χ0v) is 12.9. The third-order valence-corrected chi connectivity index (χ3v) is 5.26. The predicted octanol–water partition coefficient (Wildman–Crippen LogP) is 1.52. The van der Waals surface area contributed by atoms with Crippen LogP contribution in [0.25, 0.3) is 0 Å². The Morgan fingerprint density at radius 3 is 2.24 bits per heavy atom. The number of hydrogen-bond acceptors (Lipinski definition) is 4. The largest absolute Gasteiger partial charge is 0.286 e. The highest BCUT2D eigenvalue weighted by molar-refractivity contribution is 7.91. The molecule has 1 rings (SSSR count). The molecule has 8 heteroatoms. The van der Waals surface area contributed by atoms with E-state index in [-0.39, 0.29) is 17.1 Å². The van der Waals surface area contributed by atoms with Gasteiger partial charge in [0.25, 0.3) is 10.1 Å². The Balaban J connectivity index is 2.83. The molecule has 0 radical (unpaired) electrons. The van der Waals surface area contributed by atoms with Crippen molar-refractivity contribution >= 4 is 20.0 Å². The SMILES string of the molecule is CC#CC(CCS(=O)(=O)c1ccc(F)cc1)CS(=O)(=O)O. The van der Waals surface area contributed by atoms with Gasteiger partial charge < -0.3 is 0 Å². The predicted molar refractivity (Wildman–Crippen MR) is 76.4 cm³/mol. The van der Waals surface area contributed by atoms with Gasteiger partial charge in [0.15, 0.2) is 9.84 Å². The summed E-state index contributed by atoms with van der Waals surface area (Å²) in [6.45, 7) is 1.49. The Morgan fingerprint density at radius 1 is 1.19 bits per heavy atom. The van der Waals surface area contributed by atoms with Gasteiger partial charge in [-0.2, -0.15) is 8.42 Å². The van der Waals surface area contributed by atoms with Crippen molar-refractivity contribution in [2.45, 2.75) is 18.2 Å². The first-order chi connectivity index (χ1) is 9.64. The monoisotopic (exact) mass is 334 g/mol. The van der Waals surface area contributed by atoms with Gasteiger partial charge >= 0.3 is 0 Å². The third kappa shape index (κ3) is 6.25. The molecule has 5 nitrogen and oxygen atoms in total. The average Bonchev–Trinajstić information content (AvgIpc) is 2.35. The van der Waals surface area contributed by atoms with E-state index in [1.807, 2.05) is 0 Å². The number of benzene rings is 1. The summed E-state index contributed by atoms with van der Waals surface area (Å²) < 4.78 is 67.3. The first-order valence-electron chi connectivity index (χ1n) is 6.00. The molecule has 116 valence electrons. The highest BCUT2D eigenvalue weighted by Crippen LogP contribution is 2.16. The Bertz CT molecular complexity index is 740. The van der Waals surface area contributed by atoms with Crippen molar-refractivity contribution in [3.8, 4) is 11.8 Å². The van der Waals surface area contributed by atoms with Crippen molar-refractivity contribution in [3.63, 3.8) is 0 Å².